The molecule has 0 radical (unpaired) electrons. The van der Waals surface area contributed by atoms with E-state index in [9.17, 15) is 8.78 Å². The predicted octanol–water partition coefficient (Wildman–Crippen LogP) is 2.82. The number of halogens is 2. The molecule has 2 N–H and O–H groups in total. The molecule has 0 amide bonds. The summed E-state index contributed by atoms with van der Waals surface area (Å²) >= 11 is 0. The van der Waals surface area contributed by atoms with E-state index in [4.69, 9.17) is 5.73 Å². The minimum atomic E-state index is -0.620. The Morgan fingerprint density at radius 1 is 1.28 bits per heavy atom. The van der Waals surface area contributed by atoms with E-state index >= 15 is 0 Å². The van der Waals surface area contributed by atoms with Crippen LogP contribution in [0.2, 0.25) is 0 Å². The van der Waals surface area contributed by atoms with Crippen molar-refractivity contribution >= 4 is 5.82 Å². The topological polar surface area (TPSA) is 43.8 Å². The molecule has 0 spiro atoms. The van der Waals surface area contributed by atoms with Crippen LogP contribution in [0.25, 0.3) is 11.3 Å². The lowest BCUT2D eigenvalue weighted by molar-refractivity contribution is 0.579. The highest BCUT2D eigenvalue weighted by Gasteiger charge is 2.18. The Hall–Kier alpha value is -1.91. The van der Waals surface area contributed by atoms with Crippen LogP contribution >= 0.6 is 0 Å². The zero-order valence-electron chi connectivity index (χ0n) is 10.6. The van der Waals surface area contributed by atoms with Crippen LogP contribution in [0.15, 0.2) is 12.1 Å². The zero-order valence-corrected chi connectivity index (χ0v) is 10.6. The highest BCUT2D eigenvalue weighted by Crippen LogP contribution is 2.30. The maximum Gasteiger partial charge on any atom is 0.135 e. The molecule has 2 rings (SSSR count). The first-order valence-corrected chi connectivity index (χ1v) is 5.73. The largest absolute Gasteiger partial charge is 0.384 e. The molecule has 0 unspecified atom stereocenters. The summed E-state index contributed by atoms with van der Waals surface area (Å²) in [6.07, 6.45) is 0.644. The van der Waals surface area contributed by atoms with Crippen LogP contribution in [0.3, 0.4) is 0 Å². The van der Waals surface area contributed by atoms with Crippen LogP contribution in [-0.4, -0.2) is 9.78 Å². The molecule has 0 aliphatic heterocycles. The molecule has 0 aliphatic carbocycles. The number of aryl methyl sites for hydroxylation is 2. The molecule has 0 saturated carbocycles. The Kier molecular flexibility index (Phi) is 3.07. The number of nitrogens with two attached hydrogens (primary N) is 1. The van der Waals surface area contributed by atoms with Gasteiger partial charge in [-0.15, -0.1) is 0 Å². The molecule has 18 heavy (non-hydrogen) atoms. The molecule has 0 aliphatic rings. The van der Waals surface area contributed by atoms with E-state index in [1.807, 2.05) is 6.92 Å². The van der Waals surface area contributed by atoms with Gasteiger partial charge in [-0.3, -0.25) is 4.68 Å². The van der Waals surface area contributed by atoms with Crippen molar-refractivity contribution in [1.29, 1.82) is 0 Å². The number of aromatic nitrogens is 2. The molecule has 0 bridgehead atoms. The molecule has 1 aromatic carbocycles. The van der Waals surface area contributed by atoms with Gasteiger partial charge in [-0.1, -0.05) is 6.92 Å². The maximum atomic E-state index is 13.8. The van der Waals surface area contributed by atoms with Crippen LogP contribution in [0.5, 0.6) is 0 Å². The summed E-state index contributed by atoms with van der Waals surface area (Å²) in [4.78, 5) is 0. The van der Waals surface area contributed by atoms with Crippen molar-refractivity contribution in [2.24, 2.45) is 7.05 Å². The monoisotopic (exact) mass is 251 g/mol. The van der Waals surface area contributed by atoms with Gasteiger partial charge < -0.3 is 5.73 Å². The summed E-state index contributed by atoms with van der Waals surface area (Å²) in [7, 11) is 1.70. The molecule has 0 fully saturated rings. The highest BCUT2D eigenvalue weighted by molar-refractivity contribution is 5.69. The fraction of sp³-hybridized carbons (Fsp3) is 0.308. The van der Waals surface area contributed by atoms with E-state index in [1.54, 1.807) is 14.0 Å². The van der Waals surface area contributed by atoms with Crippen LogP contribution in [0.1, 0.15) is 18.1 Å². The quantitative estimate of drug-likeness (QED) is 0.892. The number of hydrogen-bond acceptors (Lipinski definition) is 2. The van der Waals surface area contributed by atoms with E-state index in [0.29, 0.717) is 23.5 Å². The van der Waals surface area contributed by atoms with E-state index in [-0.39, 0.29) is 5.56 Å². The van der Waals surface area contributed by atoms with E-state index in [2.05, 4.69) is 5.10 Å². The van der Waals surface area contributed by atoms with Gasteiger partial charge in [0.05, 0.1) is 0 Å². The summed E-state index contributed by atoms with van der Waals surface area (Å²) in [5, 5.41) is 4.21. The summed E-state index contributed by atoms with van der Waals surface area (Å²) in [5.41, 5.74) is 7.81. The molecule has 3 nitrogen and oxygen atoms in total. The van der Waals surface area contributed by atoms with Gasteiger partial charge in [-0.25, -0.2) is 8.78 Å². The van der Waals surface area contributed by atoms with Gasteiger partial charge in [-0.2, -0.15) is 5.10 Å². The average molecular weight is 251 g/mol. The second-order valence-corrected chi connectivity index (χ2v) is 4.27. The fourth-order valence-electron chi connectivity index (χ4n) is 1.98. The Morgan fingerprint density at radius 2 is 1.94 bits per heavy atom. The highest BCUT2D eigenvalue weighted by atomic mass is 19.1. The lowest BCUT2D eigenvalue weighted by Crippen LogP contribution is -1.98. The summed E-state index contributed by atoms with van der Waals surface area (Å²) in [6, 6.07) is 2.35. The van der Waals surface area contributed by atoms with Gasteiger partial charge in [0.25, 0.3) is 0 Å². The summed E-state index contributed by atoms with van der Waals surface area (Å²) in [6.45, 7) is 3.52. The van der Waals surface area contributed by atoms with Gasteiger partial charge >= 0.3 is 0 Å². The summed E-state index contributed by atoms with van der Waals surface area (Å²) < 4.78 is 28.6. The van der Waals surface area contributed by atoms with Crippen molar-refractivity contribution < 1.29 is 8.78 Å². The van der Waals surface area contributed by atoms with Gasteiger partial charge in [0.15, 0.2) is 0 Å². The Balaban J connectivity index is 2.69. The number of benzene rings is 1. The van der Waals surface area contributed by atoms with Crippen LogP contribution in [-0.2, 0) is 13.5 Å². The van der Waals surface area contributed by atoms with Crippen molar-refractivity contribution in [2.75, 3.05) is 5.73 Å². The zero-order chi connectivity index (χ0) is 13.4. The number of hydrogen-bond donors (Lipinski definition) is 1. The molecule has 0 atom stereocenters. The Labute approximate surface area is 104 Å². The van der Waals surface area contributed by atoms with Gasteiger partial charge in [0.2, 0.25) is 0 Å². The number of rotatable bonds is 2. The van der Waals surface area contributed by atoms with Gasteiger partial charge in [0, 0.05) is 24.2 Å². The second-order valence-electron chi connectivity index (χ2n) is 4.27. The molecule has 2 aromatic rings. The predicted molar refractivity (Wildman–Crippen MR) is 67.1 cm³/mol. The van der Waals surface area contributed by atoms with E-state index in [1.165, 1.54) is 10.7 Å². The first-order valence-electron chi connectivity index (χ1n) is 5.73. The van der Waals surface area contributed by atoms with Crippen molar-refractivity contribution in [2.45, 2.75) is 20.3 Å². The maximum absolute atomic E-state index is 13.8. The van der Waals surface area contributed by atoms with Gasteiger partial charge in [0.1, 0.15) is 23.1 Å². The lowest BCUT2D eigenvalue weighted by Gasteiger charge is -2.05. The summed E-state index contributed by atoms with van der Waals surface area (Å²) in [5.74, 6) is -0.669. The first-order chi connectivity index (χ1) is 8.45. The number of nitrogens with zero attached hydrogens (tertiary/aromatic N) is 2. The third-order valence-electron chi connectivity index (χ3n) is 3.05. The van der Waals surface area contributed by atoms with Crippen LogP contribution < -0.4 is 5.73 Å². The number of anilines is 1. The smallest absolute Gasteiger partial charge is 0.135 e. The van der Waals surface area contributed by atoms with Crippen LogP contribution in [0, 0.1) is 18.6 Å². The minimum absolute atomic E-state index is 0.290. The van der Waals surface area contributed by atoms with Crippen LogP contribution in [0.4, 0.5) is 14.6 Å². The first kappa shape index (κ1) is 12.5. The standard InChI is InChI=1S/C13H15F2N3/c1-4-8-12(17-18(3)13(8)16)9-5-7(2)10(14)6-11(9)15/h5-6H,4,16H2,1-3H3. The molecule has 96 valence electrons. The van der Waals surface area contributed by atoms with Crippen molar-refractivity contribution in [1.82, 2.24) is 9.78 Å². The van der Waals surface area contributed by atoms with E-state index < -0.39 is 11.6 Å². The average Bonchev–Trinajstić information content (AvgIpc) is 2.60. The molecule has 0 saturated heterocycles. The van der Waals surface area contributed by atoms with Gasteiger partial charge in [-0.05, 0) is 25.0 Å². The molecule has 1 heterocycles. The Morgan fingerprint density at radius 3 is 2.56 bits per heavy atom. The lowest BCUT2D eigenvalue weighted by atomic mass is 10.0. The number of nitrogen functional groups attached to an aromatic ring is 1. The molecular weight excluding hydrogens is 236 g/mol. The second kappa shape index (κ2) is 4.40. The third kappa shape index (κ3) is 1.85. The normalized spacial score (nSPS) is 10.9. The van der Waals surface area contributed by atoms with Crippen molar-refractivity contribution in [3.63, 3.8) is 0 Å². The molecule has 1 aromatic heterocycles. The fourth-order valence-corrected chi connectivity index (χ4v) is 1.98. The van der Waals surface area contributed by atoms with Crippen molar-refractivity contribution in [3.8, 4) is 11.3 Å². The van der Waals surface area contributed by atoms with E-state index in [0.717, 1.165) is 11.6 Å². The Bertz CT molecular complexity index is 603. The SMILES string of the molecule is CCc1c(-c2cc(C)c(F)cc2F)nn(C)c1N. The molecule has 5 heteroatoms. The van der Waals surface area contributed by atoms with Crippen molar-refractivity contribution in [3.05, 3.63) is 34.9 Å². The minimum Gasteiger partial charge on any atom is -0.384 e. The third-order valence-corrected chi connectivity index (χ3v) is 3.05. The molecular formula is C13H15F2N3.